The van der Waals surface area contributed by atoms with Gasteiger partial charge in [0, 0.05) is 69.6 Å². The maximum absolute atomic E-state index is 12.1. The molecule has 2 aromatic heterocycles. The van der Waals surface area contributed by atoms with Crippen molar-refractivity contribution in [1.29, 1.82) is 0 Å². The Kier molecular flexibility index (Phi) is 30.3. The standard InChI is InChI=1S/C27H30N2O6.C21H20O6.C21H20O5.C17H12O2.C13H8O2S2/c1-26(2,3)34-24(31)28-19-11-7-17(8-12-19)23(21-15-16-22(30)33-21)18-9-13-20(14-10-18)29-25(32)35-27(4,5)6;1-23-16-7-5-13(10-19(16)25-3)9-18-15(12-21(22)27-18)14-6-8-17(24-2)20(11-14)26-4;1-13-11-14(5-7-16(13)23-2)21(18-9-10-20(22)26-18)15-6-8-17(24-3)19(12-15)25-4;18-16-12-11-15(19-16)17(13-7-3-1-4-8-13)14-9-5-2-6-10-14;14-12-2-1-11(15-12)13(9-3-5-16-7-9)10-4-6-17-8-10/h7-16H,1-6H3,(H,28,31)(H,29,32);5-12H,1-4H3;5-12H,1-4H3;1-12H;1-8H/b;18-9-;21-18-;;. The monoisotopic (exact) mass is 1710 g/mol. The number of allylic oxidation sites excluding steroid dienone is 5. The fraction of sp³-hybridized carbons (Fsp3) is 0.162. The molecule has 2 amide bonds. The maximum Gasteiger partial charge on any atom is 0.412 e. The molecule has 0 spiro atoms. The first-order valence-electron chi connectivity index (χ1n) is 38.6. The van der Waals surface area contributed by atoms with Crippen molar-refractivity contribution in [2.75, 3.05) is 60.4 Å². The van der Waals surface area contributed by atoms with Crippen LogP contribution in [0.15, 0.2) is 299 Å². The number of ether oxygens (including phenoxy) is 14. The molecule has 5 aliphatic rings. The smallest absolute Gasteiger partial charge is 0.412 e. The first-order valence-corrected chi connectivity index (χ1v) is 40.4. The second-order valence-electron chi connectivity index (χ2n) is 29.1. The largest absolute Gasteiger partial charge is 0.496 e. The highest BCUT2D eigenvalue weighted by Crippen LogP contribution is 2.42. The molecule has 15 rings (SSSR count). The Morgan fingerprint density at radius 1 is 0.339 bits per heavy atom. The molecule has 10 aromatic rings. The van der Waals surface area contributed by atoms with Crippen LogP contribution in [-0.4, -0.2) is 103 Å². The number of rotatable bonds is 19. The average Bonchev–Trinajstić information content (AvgIpc) is 0.850. The van der Waals surface area contributed by atoms with Gasteiger partial charge >= 0.3 is 42.0 Å². The van der Waals surface area contributed by atoms with Gasteiger partial charge in [-0.15, -0.1) is 0 Å². The van der Waals surface area contributed by atoms with Crippen molar-refractivity contribution in [2.24, 2.45) is 0 Å². The highest BCUT2D eigenvalue weighted by Gasteiger charge is 2.28. The van der Waals surface area contributed by atoms with Gasteiger partial charge < -0.3 is 66.3 Å². The Hall–Kier alpha value is -15.0. The van der Waals surface area contributed by atoms with Gasteiger partial charge in [0.1, 0.15) is 45.7 Å². The summed E-state index contributed by atoms with van der Waals surface area (Å²) < 4.78 is 74.4. The number of hydrogen-bond donors (Lipinski definition) is 2. The highest BCUT2D eigenvalue weighted by atomic mass is 32.1. The SMILES string of the molecule is CC(C)(C)OC(=O)Nc1ccc(C(=C2C=CC(=O)O2)c2ccc(NC(=O)OC(C)(C)C)cc2)cc1.COc1ccc(/C(=C2\C=CC(=O)O2)c2ccc(OC)c(OC)c2)cc1C.COc1ccc(/C=C2\OC(=O)C=C2c2ccc(OC)c(OC)c2)cc1OC.O=C1C=CC(=C(c2ccccc2)c2ccccc2)O1.O=C1C=CC(=C(c2ccsc2)c2ccsc2)O1. The van der Waals surface area contributed by atoms with Crippen LogP contribution in [0.4, 0.5) is 21.0 Å². The average molecular weight is 1710 g/mol. The lowest BCUT2D eigenvalue weighted by atomic mass is 9.94. The summed E-state index contributed by atoms with van der Waals surface area (Å²) in [6.45, 7) is 12.7. The van der Waals surface area contributed by atoms with Crippen LogP contribution < -0.4 is 43.8 Å². The number of methoxy groups -OCH3 is 7. The minimum absolute atomic E-state index is 0.303. The van der Waals surface area contributed by atoms with Crippen molar-refractivity contribution < 1.29 is 99.9 Å². The van der Waals surface area contributed by atoms with Gasteiger partial charge in [-0.2, -0.15) is 22.7 Å². The van der Waals surface area contributed by atoms with E-state index in [2.05, 4.69) is 21.4 Å². The van der Waals surface area contributed by atoms with Crippen LogP contribution in [-0.2, 0) is 57.1 Å². The quantitative estimate of drug-likeness (QED) is 0.0562. The summed E-state index contributed by atoms with van der Waals surface area (Å²) in [6, 6.07) is 60.4. The summed E-state index contributed by atoms with van der Waals surface area (Å²) in [5.74, 6) is 5.10. The molecule has 7 heterocycles. The van der Waals surface area contributed by atoms with Crippen LogP contribution in [0.2, 0.25) is 0 Å². The normalized spacial score (nSPS) is 14.0. The van der Waals surface area contributed by atoms with Crippen molar-refractivity contribution >= 4 is 110 Å². The second-order valence-corrected chi connectivity index (χ2v) is 30.6. The molecule has 0 fully saturated rings. The summed E-state index contributed by atoms with van der Waals surface area (Å²) in [5.41, 5.74) is 14.0. The number of aryl methyl sites for hydroxylation is 1. The van der Waals surface area contributed by atoms with E-state index >= 15 is 0 Å². The first kappa shape index (κ1) is 89.8. The summed E-state index contributed by atoms with van der Waals surface area (Å²) >= 11 is 3.26. The lowest BCUT2D eigenvalue weighted by molar-refractivity contribution is -0.133. The molecule has 0 unspecified atom stereocenters. The van der Waals surface area contributed by atoms with Gasteiger partial charge in [0.25, 0.3) is 0 Å². The second kappa shape index (κ2) is 41.8. The number of esters is 5. The van der Waals surface area contributed by atoms with Crippen LogP contribution in [0.5, 0.6) is 40.2 Å². The number of cyclic esters (lactones) is 5. The van der Waals surface area contributed by atoms with E-state index in [1.54, 1.807) is 187 Å². The predicted octanol–water partition coefficient (Wildman–Crippen LogP) is 21.1. The minimum Gasteiger partial charge on any atom is -0.496 e. The Balaban J connectivity index is 0.000000154. The summed E-state index contributed by atoms with van der Waals surface area (Å²) in [6.07, 6.45) is 14.5. The lowest BCUT2D eigenvalue weighted by Crippen LogP contribution is -2.27. The van der Waals surface area contributed by atoms with Gasteiger partial charge in [0.2, 0.25) is 0 Å². The molecule has 2 N–H and O–H groups in total. The van der Waals surface area contributed by atoms with Crippen molar-refractivity contribution in [1.82, 2.24) is 0 Å². The first-order chi connectivity index (χ1) is 59.6. The molecule has 124 heavy (non-hydrogen) atoms. The Bertz CT molecular complexity index is 5760. The predicted molar refractivity (Wildman–Crippen MR) is 478 cm³/mol. The van der Waals surface area contributed by atoms with Crippen molar-refractivity contribution in [3.8, 4) is 40.2 Å². The molecule has 634 valence electrons. The molecule has 5 aliphatic heterocycles. The van der Waals surface area contributed by atoms with E-state index in [9.17, 15) is 33.6 Å². The van der Waals surface area contributed by atoms with E-state index in [1.807, 2.05) is 169 Å². The Morgan fingerprint density at radius 2 is 0.685 bits per heavy atom. The zero-order chi connectivity index (χ0) is 88.6. The zero-order valence-corrected chi connectivity index (χ0v) is 72.1. The lowest BCUT2D eigenvalue weighted by Gasteiger charge is -2.20. The van der Waals surface area contributed by atoms with Crippen molar-refractivity contribution in [2.45, 2.75) is 59.7 Å². The third-order valence-corrected chi connectivity index (χ3v) is 19.6. The number of carbonyl (C=O) groups is 7. The number of hydrogen-bond acceptors (Lipinski definition) is 23. The molecule has 0 aliphatic carbocycles. The number of anilines is 2. The number of benzene rings is 8. The molecule has 0 atom stereocenters. The van der Waals surface area contributed by atoms with Gasteiger partial charge in [-0.25, -0.2) is 33.6 Å². The number of amides is 2. The topological polar surface area (TPSA) is 273 Å². The van der Waals surface area contributed by atoms with Gasteiger partial charge in [-0.05, 0) is 246 Å². The number of nitrogens with one attached hydrogen (secondary N) is 2. The summed E-state index contributed by atoms with van der Waals surface area (Å²) in [7, 11) is 11.1. The van der Waals surface area contributed by atoms with Crippen LogP contribution in [0.25, 0.3) is 33.9 Å². The maximum atomic E-state index is 12.1. The molecule has 25 heteroatoms. The Morgan fingerprint density at radius 3 is 1.06 bits per heavy atom. The molecule has 0 saturated heterocycles. The molecule has 0 saturated carbocycles. The molecular formula is C99H90N2O21S2. The van der Waals surface area contributed by atoms with Crippen LogP contribution in [0.3, 0.4) is 0 Å². The van der Waals surface area contributed by atoms with Crippen molar-refractivity contribution in [3.05, 3.63) is 360 Å². The highest BCUT2D eigenvalue weighted by molar-refractivity contribution is 7.08. The van der Waals surface area contributed by atoms with Gasteiger partial charge in [-0.1, -0.05) is 109 Å². The van der Waals surface area contributed by atoms with Crippen LogP contribution >= 0.6 is 22.7 Å². The molecule has 0 bridgehead atoms. The van der Waals surface area contributed by atoms with Crippen LogP contribution in [0.1, 0.15) is 103 Å². The third kappa shape index (κ3) is 24.2. The Labute approximate surface area is 726 Å². The number of thiophene rings is 2. The minimum atomic E-state index is -0.606. The fourth-order valence-corrected chi connectivity index (χ4v) is 14.1. The number of carbonyl (C=O) groups excluding carboxylic acids is 7. The van der Waals surface area contributed by atoms with E-state index in [0.717, 1.165) is 83.7 Å². The summed E-state index contributed by atoms with van der Waals surface area (Å²) in [4.78, 5) is 81.8. The fourth-order valence-electron chi connectivity index (χ4n) is 12.8. The van der Waals surface area contributed by atoms with E-state index < -0.39 is 35.3 Å². The molecule has 23 nitrogen and oxygen atoms in total. The molecular weight excluding hydrogens is 1620 g/mol. The van der Waals surface area contributed by atoms with Crippen LogP contribution in [0, 0.1) is 6.92 Å². The molecule has 8 aromatic carbocycles. The van der Waals surface area contributed by atoms with E-state index in [-0.39, 0.29) is 17.9 Å². The summed E-state index contributed by atoms with van der Waals surface area (Å²) in [5, 5.41) is 13.5. The van der Waals surface area contributed by atoms with Gasteiger partial charge in [0.05, 0.1) is 49.8 Å². The zero-order valence-electron chi connectivity index (χ0n) is 70.4. The third-order valence-electron chi connectivity index (χ3n) is 18.2. The van der Waals surface area contributed by atoms with E-state index in [4.69, 9.17) is 66.3 Å². The van der Waals surface area contributed by atoms with Crippen molar-refractivity contribution in [3.63, 3.8) is 0 Å². The van der Waals surface area contributed by atoms with Gasteiger partial charge in [0.15, 0.2) is 34.5 Å². The van der Waals surface area contributed by atoms with E-state index in [0.29, 0.717) is 85.8 Å². The molecule has 0 radical (unpaired) electrons. The van der Waals surface area contributed by atoms with E-state index in [1.165, 1.54) is 30.4 Å². The van der Waals surface area contributed by atoms with Gasteiger partial charge in [-0.3, -0.25) is 10.6 Å².